The molecular formula is C25H19Cl3N2O3. The molecule has 33 heavy (non-hydrogen) atoms. The molecule has 0 aliphatic heterocycles. The van der Waals surface area contributed by atoms with E-state index in [4.69, 9.17) is 44.3 Å². The number of nitrogens with zero attached hydrogens (tertiary/aromatic N) is 1. The molecular weight excluding hydrogens is 483 g/mol. The van der Waals surface area contributed by atoms with E-state index in [1.807, 2.05) is 31.2 Å². The Morgan fingerprint density at radius 1 is 1.00 bits per heavy atom. The van der Waals surface area contributed by atoms with E-state index in [9.17, 15) is 10.1 Å². The minimum absolute atomic E-state index is 0.127. The summed E-state index contributed by atoms with van der Waals surface area (Å²) in [4.78, 5) is 12.6. The number of halogens is 3. The van der Waals surface area contributed by atoms with Gasteiger partial charge in [-0.3, -0.25) is 4.79 Å². The first kappa shape index (κ1) is 24.5. The lowest BCUT2D eigenvalue weighted by Crippen LogP contribution is -2.13. The Labute approximate surface area is 207 Å². The Balaban J connectivity index is 1.87. The summed E-state index contributed by atoms with van der Waals surface area (Å²) >= 11 is 18.7. The Hall–Kier alpha value is -3.17. The molecule has 1 amide bonds. The van der Waals surface area contributed by atoms with Crippen molar-refractivity contribution in [3.8, 4) is 17.6 Å². The molecule has 8 heteroatoms. The third-order valence-corrected chi connectivity index (χ3v) is 5.44. The normalized spacial score (nSPS) is 10.9. The summed E-state index contributed by atoms with van der Waals surface area (Å²) in [5, 5.41) is 13.4. The van der Waals surface area contributed by atoms with Crippen LogP contribution in [0.25, 0.3) is 6.08 Å². The second-order valence-corrected chi connectivity index (χ2v) is 7.97. The maximum atomic E-state index is 12.6. The molecule has 168 valence electrons. The molecule has 0 atom stereocenters. The van der Waals surface area contributed by atoms with Crippen LogP contribution in [0.1, 0.15) is 18.1 Å². The van der Waals surface area contributed by atoms with Crippen molar-refractivity contribution in [3.63, 3.8) is 0 Å². The van der Waals surface area contributed by atoms with Crippen LogP contribution < -0.4 is 14.8 Å². The minimum Gasteiger partial charge on any atom is -0.490 e. The predicted molar refractivity (Wildman–Crippen MR) is 132 cm³/mol. The maximum Gasteiger partial charge on any atom is 0.266 e. The quantitative estimate of drug-likeness (QED) is 0.262. The summed E-state index contributed by atoms with van der Waals surface area (Å²) in [7, 11) is 0. The van der Waals surface area contributed by atoms with Crippen molar-refractivity contribution in [3.05, 3.63) is 92.4 Å². The van der Waals surface area contributed by atoms with Crippen LogP contribution in [0.5, 0.6) is 11.5 Å². The van der Waals surface area contributed by atoms with Crippen molar-refractivity contribution in [2.24, 2.45) is 0 Å². The fourth-order valence-corrected chi connectivity index (χ4v) is 3.55. The number of rotatable bonds is 8. The van der Waals surface area contributed by atoms with E-state index in [1.54, 1.807) is 42.5 Å². The van der Waals surface area contributed by atoms with E-state index in [1.165, 1.54) is 6.08 Å². The molecule has 0 fully saturated rings. The highest BCUT2D eigenvalue weighted by Crippen LogP contribution is 2.38. The van der Waals surface area contributed by atoms with Gasteiger partial charge in [-0.2, -0.15) is 5.26 Å². The molecule has 3 aromatic rings. The molecule has 0 spiro atoms. The topological polar surface area (TPSA) is 71.3 Å². The van der Waals surface area contributed by atoms with Crippen molar-refractivity contribution in [2.75, 3.05) is 11.9 Å². The molecule has 0 unspecified atom stereocenters. The highest BCUT2D eigenvalue weighted by molar-refractivity contribution is 6.34. The summed E-state index contributed by atoms with van der Waals surface area (Å²) in [6.07, 6.45) is 1.42. The number of nitriles is 1. The zero-order valence-electron chi connectivity index (χ0n) is 17.6. The smallest absolute Gasteiger partial charge is 0.266 e. The average Bonchev–Trinajstić information content (AvgIpc) is 2.79. The molecule has 0 saturated heterocycles. The van der Waals surface area contributed by atoms with Crippen molar-refractivity contribution < 1.29 is 14.3 Å². The van der Waals surface area contributed by atoms with Gasteiger partial charge in [-0.05, 0) is 48.9 Å². The Bertz CT molecular complexity index is 1240. The van der Waals surface area contributed by atoms with Crippen LogP contribution in [0, 0.1) is 11.3 Å². The summed E-state index contributed by atoms with van der Waals surface area (Å²) in [5.74, 6) is 0.125. The molecule has 0 aliphatic carbocycles. The number of carbonyl (C=O) groups excluding carboxylic acids is 1. The van der Waals surface area contributed by atoms with Gasteiger partial charge in [-0.1, -0.05) is 65.1 Å². The van der Waals surface area contributed by atoms with E-state index in [0.29, 0.717) is 39.4 Å². The van der Waals surface area contributed by atoms with Gasteiger partial charge in [-0.15, -0.1) is 0 Å². The van der Waals surface area contributed by atoms with Crippen molar-refractivity contribution in [2.45, 2.75) is 13.5 Å². The number of amides is 1. The second-order valence-electron chi connectivity index (χ2n) is 6.75. The number of ether oxygens (including phenoxy) is 2. The summed E-state index contributed by atoms with van der Waals surface area (Å²) < 4.78 is 11.6. The molecule has 1 N–H and O–H groups in total. The van der Waals surface area contributed by atoms with Gasteiger partial charge in [0.2, 0.25) is 0 Å². The molecule has 0 heterocycles. The number of carbonyl (C=O) groups is 1. The zero-order valence-corrected chi connectivity index (χ0v) is 19.8. The van der Waals surface area contributed by atoms with Crippen LogP contribution in [0.15, 0.2) is 66.2 Å². The molecule has 0 aromatic heterocycles. The van der Waals surface area contributed by atoms with E-state index in [2.05, 4.69) is 5.32 Å². The fourth-order valence-electron chi connectivity index (χ4n) is 2.91. The molecule has 0 radical (unpaired) electrons. The molecule has 5 nitrogen and oxygen atoms in total. The van der Waals surface area contributed by atoms with E-state index >= 15 is 0 Å². The Morgan fingerprint density at radius 2 is 1.70 bits per heavy atom. The summed E-state index contributed by atoms with van der Waals surface area (Å²) in [5.41, 5.74) is 1.57. The third-order valence-electron chi connectivity index (χ3n) is 4.46. The lowest BCUT2D eigenvalue weighted by molar-refractivity contribution is -0.112. The standard InChI is InChI=1S/C25H19Cl3N2O3/c1-2-32-23-13-16(11-18(14-29)25(31)30-22-10-6-5-9-20(22)27)12-21(28)24(23)33-15-17-7-3-4-8-19(17)26/h3-13H,2,15H2,1H3,(H,30,31)/b18-11+. The lowest BCUT2D eigenvalue weighted by Gasteiger charge is -2.15. The number of nitrogens with one attached hydrogen (secondary N) is 1. The minimum atomic E-state index is -0.598. The molecule has 3 rings (SSSR count). The second kappa shape index (κ2) is 11.6. The van der Waals surface area contributed by atoms with Crippen LogP contribution in [0.3, 0.4) is 0 Å². The largest absolute Gasteiger partial charge is 0.490 e. The molecule has 0 saturated carbocycles. The molecule has 0 aliphatic rings. The van der Waals surface area contributed by atoms with Gasteiger partial charge in [-0.25, -0.2) is 0 Å². The van der Waals surface area contributed by atoms with Gasteiger partial charge >= 0.3 is 0 Å². The Kier molecular flexibility index (Phi) is 8.62. The SMILES string of the molecule is CCOc1cc(/C=C(\C#N)C(=O)Nc2ccccc2Cl)cc(Cl)c1OCc1ccccc1Cl. The monoisotopic (exact) mass is 500 g/mol. The van der Waals surface area contributed by atoms with Gasteiger partial charge in [0.1, 0.15) is 18.2 Å². The van der Waals surface area contributed by atoms with Crippen LogP contribution in [-0.4, -0.2) is 12.5 Å². The van der Waals surface area contributed by atoms with Crippen LogP contribution in [0.4, 0.5) is 5.69 Å². The highest BCUT2D eigenvalue weighted by atomic mass is 35.5. The molecule has 0 bridgehead atoms. The first-order valence-electron chi connectivity index (χ1n) is 9.93. The molecule has 3 aromatic carbocycles. The fraction of sp³-hybridized carbons (Fsp3) is 0.120. The summed E-state index contributed by atoms with van der Waals surface area (Å²) in [6, 6.07) is 19.2. The number of para-hydroxylation sites is 1. The van der Waals surface area contributed by atoms with E-state index < -0.39 is 5.91 Å². The van der Waals surface area contributed by atoms with E-state index in [0.717, 1.165) is 5.56 Å². The summed E-state index contributed by atoms with van der Waals surface area (Å²) in [6.45, 7) is 2.38. The van der Waals surface area contributed by atoms with Gasteiger partial charge in [0.25, 0.3) is 5.91 Å². The first-order valence-corrected chi connectivity index (χ1v) is 11.1. The third kappa shape index (κ3) is 6.43. The van der Waals surface area contributed by atoms with Gasteiger partial charge in [0.15, 0.2) is 11.5 Å². The van der Waals surface area contributed by atoms with Crippen LogP contribution in [0.2, 0.25) is 15.1 Å². The zero-order chi connectivity index (χ0) is 23.8. The van der Waals surface area contributed by atoms with Crippen molar-refractivity contribution in [1.82, 2.24) is 0 Å². The van der Waals surface area contributed by atoms with Crippen LogP contribution in [-0.2, 0) is 11.4 Å². The maximum absolute atomic E-state index is 12.6. The van der Waals surface area contributed by atoms with Crippen LogP contribution >= 0.6 is 34.8 Å². The lowest BCUT2D eigenvalue weighted by atomic mass is 10.1. The Morgan fingerprint density at radius 3 is 2.36 bits per heavy atom. The number of benzene rings is 3. The first-order chi connectivity index (χ1) is 15.9. The number of anilines is 1. The van der Waals surface area contributed by atoms with Gasteiger partial charge in [0, 0.05) is 10.6 Å². The van der Waals surface area contributed by atoms with Crippen molar-refractivity contribution >= 4 is 52.5 Å². The predicted octanol–water partition coefficient (Wildman–Crippen LogP) is 7.17. The van der Waals surface area contributed by atoms with Gasteiger partial charge in [0.05, 0.1) is 22.3 Å². The number of hydrogen-bond donors (Lipinski definition) is 1. The van der Waals surface area contributed by atoms with Gasteiger partial charge < -0.3 is 14.8 Å². The van der Waals surface area contributed by atoms with Crippen molar-refractivity contribution in [1.29, 1.82) is 5.26 Å². The highest BCUT2D eigenvalue weighted by Gasteiger charge is 2.16. The van der Waals surface area contributed by atoms with E-state index in [-0.39, 0.29) is 17.2 Å². The number of hydrogen-bond acceptors (Lipinski definition) is 4. The average molecular weight is 502 g/mol.